The SMILES string of the molecule is Fc1ccc(Cn2nnc3c(SCc4ccc(Cl)cc4Cl)ncnc32)cc1. The topological polar surface area (TPSA) is 56.5 Å². The normalized spacial score (nSPS) is 11.2. The van der Waals surface area contributed by atoms with Gasteiger partial charge in [-0.3, -0.25) is 0 Å². The molecule has 136 valence electrons. The van der Waals surface area contributed by atoms with Gasteiger partial charge in [-0.2, -0.15) is 0 Å². The molecule has 0 N–H and O–H groups in total. The number of hydrogen-bond acceptors (Lipinski definition) is 5. The molecule has 0 unspecified atom stereocenters. The molecule has 0 saturated carbocycles. The van der Waals surface area contributed by atoms with Crippen molar-refractivity contribution in [2.75, 3.05) is 0 Å². The highest BCUT2D eigenvalue weighted by molar-refractivity contribution is 7.98. The zero-order valence-corrected chi connectivity index (χ0v) is 16.1. The Morgan fingerprint density at radius 1 is 1.04 bits per heavy atom. The number of fused-ring (bicyclic) bond motifs is 1. The maximum absolute atomic E-state index is 13.1. The average molecular weight is 420 g/mol. The Hall–Kier alpha value is -2.22. The number of aromatic nitrogens is 5. The van der Waals surface area contributed by atoms with E-state index in [4.69, 9.17) is 23.2 Å². The van der Waals surface area contributed by atoms with Crippen molar-refractivity contribution in [3.63, 3.8) is 0 Å². The number of hydrogen-bond donors (Lipinski definition) is 0. The number of rotatable bonds is 5. The summed E-state index contributed by atoms with van der Waals surface area (Å²) in [4.78, 5) is 8.61. The van der Waals surface area contributed by atoms with E-state index in [2.05, 4.69) is 20.3 Å². The van der Waals surface area contributed by atoms with E-state index in [1.165, 1.54) is 30.2 Å². The fourth-order valence-corrected chi connectivity index (χ4v) is 4.02. The van der Waals surface area contributed by atoms with Crippen molar-refractivity contribution in [1.29, 1.82) is 0 Å². The molecular weight excluding hydrogens is 408 g/mol. The zero-order chi connectivity index (χ0) is 18.8. The van der Waals surface area contributed by atoms with E-state index in [1.807, 2.05) is 6.07 Å². The van der Waals surface area contributed by atoms with Crippen molar-refractivity contribution in [1.82, 2.24) is 25.0 Å². The molecule has 4 rings (SSSR count). The number of nitrogens with zero attached hydrogens (tertiary/aromatic N) is 5. The van der Waals surface area contributed by atoms with Crippen molar-refractivity contribution in [2.45, 2.75) is 17.3 Å². The lowest BCUT2D eigenvalue weighted by Crippen LogP contribution is -2.03. The summed E-state index contributed by atoms with van der Waals surface area (Å²) < 4.78 is 14.7. The molecule has 2 heterocycles. The van der Waals surface area contributed by atoms with Crippen molar-refractivity contribution in [3.05, 3.63) is 75.8 Å². The summed E-state index contributed by atoms with van der Waals surface area (Å²) in [5.74, 6) is 0.344. The quantitative estimate of drug-likeness (QED) is 0.336. The molecule has 0 fully saturated rings. The van der Waals surface area contributed by atoms with E-state index in [9.17, 15) is 4.39 Å². The predicted molar refractivity (Wildman–Crippen MR) is 105 cm³/mol. The van der Waals surface area contributed by atoms with Gasteiger partial charge in [0.1, 0.15) is 17.2 Å². The molecular formula is C18H12Cl2FN5S. The lowest BCUT2D eigenvalue weighted by atomic mass is 10.2. The van der Waals surface area contributed by atoms with Crippen molar-refractivity contribution in [2.24, 2.45) is 0 Å². The summed E-state index contributed by atoms with van der Waals surface area (Å²) in [5.41, 5.74) is 3.11. The first-order valence-corrected chi connectivity index (χ1v) is 9.69. The summed E-state index contributed by atoms with van der Waals surface area (Å²) >= 11 is 13.7. The maximum atomic E-state index is 13.1. The van der Waals surface area contributed by atoms with Gasteiger partial charge in [0.05, 0.1) is 6.54 Å². The van der Waals surface area contributed by atoms with Gasteiger partial charge >= 0.3 is 0 Å². The first kappa shape index (κ1) is 18.2. The van der Waals surface area contributed by atoms with E-state index in [0.29, 0.717) is 33.5 Å². The second kappa shape index (κ2) is 7.80. The maximum Gasteiger partial charge on any atom is 0.183 e. The van der Waals surface area contributed by atoms with E-state index < -0.39 is 0 Å². The molecule has 0 atom stereocenters. The fourth-order valence-electron chi connectivity index (χ4n) is 2.53. The zero-order valence-electron chi connectivity index (χ0n) is 13.8. The molecule has 0 saturated heterocycles. The van der Waals surface area contributed by atoms with E-state index in [0.717, 1.165) is 16.2 Å². The van der Waals surface area contributed by atoms with E-state index in [1.54, 1.807) is 28.9 Å². The number of benzene rings is 2. The van der Waals surface area contributed by atoms with Gasteiger partial charge in [0.2, 0.25) is 0 Å². The van der Waals surface area contributed by atoms with Crippen molar-refractivity contribution in [3.8, 4) is 0 Å². The van der Waals surface area contributed by atoms with Crippen LogP contribution in [0.1, 0.15) is 11.1 Å². The summed E-state index contributed by atoms with van der Waals surface area (Å²) in [7, 11) is 0. The number of halogens is 3. The average Bonchev–Trinajstić information content (AvgIpc) is 3.06. The van der Waals surface area contributed by atoms with Gasteiger partial charge in [0.15, 0.2) is 11.2 Å². The molecule has 27 heavy (non-hydrogen) atoms. The molecule has 0 spiro atoms. The van der Waals surface area contributed by atoms with Crippen LogP contribution in [0.15, 0.2) is 53.8 Å². The lowest BCUT2D eigenvalue weighted by Gasteiger charge is -2.05. The molecule has 0 radical (unpaired) electrons. The molecule has 4 aromatic rings. The lowest BCUT2D eigenvalue weighted by molar-refractivity contribution is 0.623. The van der Waals surface area contributed by atoms with Crippen LogP contribution in [0.4, 0.5) is 4.39 Å². The van der Waals surface area contributed by atoms with Gasteiger partial charge in [0.25, 0.3) is 0 Å². The first-order valence-electron chi connectivity index (χ1n) is 7.95. The Kier molecular flexibility index (Phi) is 5.24. The van der Waals surface area contributed by atoms with Crippen LogP contribution in [-0.2, 0) is 12.3 Å². The van der Waals surface area contributed by atoms with Crippen molar-refractivity contribution >= 4 is 46.1 Å². The largest absolute Gasteiger partial charge is 0.227 e. The van der Waals surface area contributed by atoms with Gasteiger partial charge in [-0.1, -0.05) is 58.4 Å². The second-order valence-electron chi connectivity index (χ2n) is 5.75. The molecule has 2 aromatic carbocycles. The summed E-state index contributed by atoms with van der Waals surface area (Å²) in [5, 5.41) is 10.3. The van der Waals surface area contributed by atoms with Crippen LogP contribution in [0.5, 0.6) is 0 Å². The monoisotopic (exact) mass is 419 g/mol. The molecule has 0 aliphatic rings. The Morgan fingerprint density at radius 3 is 2.63 bits per heavy atom. The third-order valence-electron chi connectivity index (χ3n) is 3.89. The Morgan fingerprint density at radius 2 is 1.85 bits per heavy atom. The van der Waals surface area contributed by atoms with Crippen molar-refractivity contribution < 1.29 is 4.39 Å². The highest BCUT2D eigenvalue weighted by atomic mass is 35.5. The fraction of sp³-hybridized carbons (Fsp3) is 0.111. The molecule has 0 aliphatic carbocycles. The molecule has 5 nitrogen and oxygen atoms in total. The molecule has 0 aliphatic heterocycles. The molecule has 2 aromatic heterocycles. The van der Waals surface area contributed by atoms with Crippen LogP contribution in [0.2, 0.25) is 10.0 Å². The number of thioether (sulfide) groups is 1. The van der Waals surface area contributed by atoms with Gasteiger partial charge in [0, 0.05) is 15.8 Å². The van der Waals surface area contributed by atoms with Gasteiger partial charge in [-0.25, -0.2) is 19.0 Å². The minimum Gasteiger partial charge on any atom is -0.227 e. The molecule has 0 bridgehead atoms. The van der Waals surface area contributed by atoms with Crippen LogP contribution in [0.25, 0.3) is 11.2 Å². The third-order valence-corrected chi connectivity index (χ3v) is 5.51. The van der Waals surface area contributed by atoms with Crippen LogP contribution in [0.3, 0.4) is 0 Å². The third kappa shape index (κ3) is 4.05. The van der Waals surface area contributed by atoms with E-state index in [-0.39, 0.29) is 5.82 Å². The van der Waals surface area contributed by atoms with Gasteiger partial charge in [-0.05, 0) is 35.4 Å². The van der Waals surface area contributed by atoms with E-state index >= 15 is 0 Å². The smallest absolute Gasteiger partial charge is 0.183 e. The first-order chi connectivity index (χ1) is 13.1. The minimum absolute atomic E-state index is 0.274. The molecule has 9 heteroatoms. The Labute approximate surface area is 168 Å². The minimum atomic E-state index is -0.274. The highest BCUT2D eigenvalue weighted by Crippen LogP contribution is 2.30. The Balaban J connectivity index is 1.57. The van der Waals surface area contributed by atoms with Crippen LogP contribution in [-0.4, -0.2) is 25.0 Å². The van der Waals surface area contributed by atoms with Gasteiger partial charge in [-0.15, -0.1) is 5.10 Å². The summed E-state index contributed by atoms with van der Waals surface area (Å²) in [6, 6.07) is 11.7. The summed E-state index contributed by atoms with van der Waals surface area (Å²) in [6.45, 7) is 0.445. The van der Waals surface area contributed by atoms with Crippen LogP contribution < -0.4 is 0 Å². The van der Waals surface area contributed by atoms with Crippen LogP contribution in [0, 0.1) is 5.82 Å². The highest BCUT2D eigenvalue weighted by Gasteiger charge is 2.13. The van der Waals surface area contributed by atoms with Crippen LogP contribution >= 0.6 is 35.0 Å². The predicted octanol–water partition coefficient (Wildman–Crippen LogP) is 5.01. The second-order valence-corrected chi connectivity index (χ2v) is 7.56. The standard InChI is InChI=1S/C18H12Cl2FN5S/c19-13-4-3-12(15(20)7-13)9-27-18-16-17(22-10-23-18)26(25-24-16)8-11-1-5-14(21)6-2-11/h1-7,10H,8-9H2. The molecule has 0 amide bonds. The summed E-state index contributed by atoms with van der Waals surface area (Å²) in [6.07, 6.45) is 1.48. The van der Waals surface area contributed by atoms with Gasteiger partial charge < -0.3 is 0 Å². The Bertz CT molecular complexity index is 1100.